The molecule has 8 nitrogen and oxygen atoms in total. The number of rotatable bonds is 4. The third-order valence-electron chi connectivity index (χ3n) is 13.4. The van der Waals surface area contributed by atoms with Gasteiger partial charge in [0.2, 0.25) is 11.8 Å². The molecule has 2 N–H and O–H groups in total. The highest BCUT2D eigenvalue weighted by Gasteiger charge is 2.52. The average molecular weight is 709 g/mol. The van der Waals surface area contributed by atoms with Crippen molar-refractivity contribution in [1.82, 2.24) is 20.4 Å². The summed E-state index contributed by atoms with van der Waals surface area (Å²) in [6, 6.07) is 39.6. The van der Waals surface area contributed by atoms with E-state index in [1.54, 1.807) is 0 Å². The first-order valence-corrected chi connectivity index (χ1v) is 19.9. The zero-order chi connectivity index (χ0) is 35.8. The van der Waals surface area contributed by atoms with E-state index < -0.39 is 0 Å². The number of aryl methyl sites for hydroxylation is 1. The number of benzene rings is 4. The first kappa shape index (κ1) is 34.1. The van der Waals surface area contributed by atoms with Gasteiger partial charge >= 0.3 is 0 Å². The third kappa shape index (κ3) is 6.19. The molecule has 8 heteroatoms. The molecule has 0 saturated carbocycles. The molecule has 1 unspecified atom stereocenters. The van der Waals surface area contributed by atoms with Crippen LogP contribution in [0.1, 0.15) is 66.8 Å². The monoisotopic (exact) mass is 708 g/mol. The van der Waals surface area contributed by atoms with Crippen molar-refractivity contribution in [3.05, 3.63) is 131 Å². The summed E-state index contributed by atoms with van der Waals surface area (Å²) in [5.41, 5.74) is 7.56. The molecule has 4 fully saturated rings. The van der Waals surface area contributed by atoms with Crippen LogP contribution < -0.4 is 20.4 Å². The number of likely N-dealkylation sites (tertiary alicyclic amines) is 2. The predicted octanol–water partition coefficient (Wildman–Crippen LogP) is 6.07. The summed E-state index contributed by atoms with van der Waals surface area (Å²) in [4.78, 5) is 35.4. The Hall–Kier alpha value is -4.66. The second kappa shape index (κ2) is 14.3. The molecule has 10 rings (SSSR count). The minimum Gasteiger partial charge on any atom is -0.339 e. The summed E-state index contributed by atoms with van der Waals surface area (Å²) < 4.78 is 0. The van der Waals surface area contributed by atoms with Crippen molar-refractivity contribution in [3.63, 3.8) is 0 Å². The number of amides is 2. The molecule has 1 atom stereocenters. The van der Waals surface area contributed by atoms with Crippen LogP contribution in [-0.2, 0) is 28.9 Å². The van der Waals surface area contributed by atoms with E-state index >= 15 is 0 Å². The Labute approximate surface area is 314 Å². The van der Waals surface area contributed by atoms with Gasteiger partial charge in [0.05, 0.1) is 13.3 Å². The summed E-state index contributed by atoms with van der Waals surface area (Å²) in [5, 5.41) is 6.20. The Balaban J connectivity index is 0.000000141. The van der Waals surface area contributed by atoms with Gasteiger partial charge in [0.1, 0.15) is 11.1 Å². The quantitative estimate of drug-likeness (QED) is 0.268. The maximum Gasteiger partial charge on any atom is 0.247 e. The first-order valence-electron chi connectivity index (χ1n) is 19.9. The molecular formula is C45H52N6O2. The van der Waals surface area contributed by atoms with E-state index in [2.05, 4.69) is 127 Å². The normalized spacial score (nSPS) is 23.7. The first-order chi connectivity index (χ1) is 26.0. The second-order valence-corrected chi connectivity index (χ2v) is 15.9. The smallest absolute Gasteiger partial charge is 0.247 e. The van der Waals surface area contributed by atoms with Crippen LogP contribution in [0.2, 0.25) is 0 Å². The fraction of sp³-hybridized carbons (Fsp3) is 0.422. The highest BCUT2D eigenvalue weighted by atomic mass is 16.2. The van der Waals surface area contributed by atoms with Gasteiger partial charge in [0.15, 0.2) is 0 Å². The van der Waals surface area contributed by atoms with Crippen LogP contribution in [0, 0.1) is 0 Å². The largest absolute Gasteiger partial charge is 0.339 e. The highest BCUT2D eigenvalue weighted by molar-refractivity contribution is 5.94. The van der Waals surface area contributed by atoms with Gasteiger partial charge < -0.3 is 20.4 Å². The summed E-state index contributed by atoms with van der Waals surface area (Å²) >= 11 is 0. The zero-order valence-electron chi connectivity index (χ0n) is 30.8. The molecule has 2 aliphatic carbocycles. The fourth-order valence-electron chi connectivity index (χ4n) is 10.4. The van der Waals surface area contributed by atoms with Gasteiger partial charge in [-0.15, -0.1) is 0 Å². The van der Waals surface area contributed by atoms with Crippen molar-refractivity contribution in [2.45, 2.75) is 80.9 Å². The Bertz CT molecular complexity index is 1890. The zero-order valence-corrected chi connectivity index (χ0v) is 30.8. The van der Waals surface area contributed by atoms with Gasteiger partial charge in [-0.25, -0.2) is 0 Å². The molecular weight excluding hydrogens is 657 g/mol. The summed E-state index contributed by atoms with van der Waals surface area (Å²) in [6.45, 7) is 5.20. The molecule has 0 bridgehead atoms. The van der Waals surface area contributed by atoms with Crippen molar-refractivity contribution < 1.29 is 9.59 Å². The molecule has 274 valence electrons. The van der Waals surface area contributed by atoms with Crippen LogP contribution in [0.5, 0.6) is 0 Å². The number of hydrogen-bond acceptors (Lipinski definition) is 6. The van der Waals surface area contributed by atoms with Gasteiger partial charge in [-0.2, -0.15) is 0 Å². The number of carbonyl (C=O) groups excluding carboxylic acids is 2. The Kier molecular flexibility index (Phi) is 9.20. The number of fused-ring (bicyclic) bond motifs is 2. The molecule has 4 saturated heterocycles. The summed E-state index contributed by atoms with van der Waals surface area (Å²) in [7, 11) is 0. The lowest BCUT2D eigenvalue weighted by Gasteiger charge is -2.46. The van der Waals surface area contributed by atoms with E-state index in [-0.39, 0.29) is 22.9 Å². The lowest BCUT2D eigenvalue weighted by Crippen LogP contribution is -2.58. The van der Waals surface area contributed by atoms with Gasteiger partial charge in [0, 0.05) is 49.6 Å². The molecule has 4 aromatic carbocycles. The molecule has 2 amide bonds. The summed E-state index contributed by atoms with van der Waals surface area (Å²) in [6.07, 6.45) is 9.60. The maximum absolute atomic E-state index is 12.8. The van der Waals surface area contributed by atoms with E-state index in [0.29, 0.717) is 25.4 Å². The van der Waals surface area contributed by atoms with Gasteiger partial charge in [0.25, 0.3) is 0 Å². The topological polar surface area (TPSA) is 71.2 Å². The fourth-order valence-corrected chi connectivity index (χ4v) is 10.4. The molecule has 4 aliphatic heterocycles. The van der Waals surface area contributed by atoms with Crippen LogP contribution in [0.15, 0.2) is 109 Å². The standard InChI is InChI=1S/C23H27N3O.C22H25N3O/c27-22-23(26(17-24-22)19-9-2-1-3-10-19)13-15-25(16-14-23)21-12-6-8-18-7-4-5-11-20(18)21;26-21-22(25(16-23-21)19-8-2-1-3-9-19)10-12-24(13-11-22)20-14-17-6-4-5-7-18(17)15-20/h1-5,7,9-11,21H,6,8,12-17H2,(H,24,27);1-9,20H,10-16H2,(H,23,26). The molecule has 4 aromatic rings. The maximum atomic E-state index is 12.8. The number of nitrogens with one attached hydrogen (secondary N) is 2. The number of hydrogen-bond donors (Lipinski definition) is 2. The average Bonchev–Trinajstić information content (AvgIpc) is 3.89. The van der Waals surface area contributed by atoms with E-state index in [0.717, 1.165) is 76.1 Å². The SMILES string of the molecule is O=C1NCN(c2ccccc2)C12CCN(C1CCCc3ccccc31)CC2.O=C1NCN(c2ccccc2)C12CCN(C1Cc3ccccc3C1)CC2. The lowest BCUT2D eigenvalue weighted by atomic mass is 9.82. The van der Waals surface area contributed by atoms with Crippen molar-refractivity contribution in [3.8, 4) is 0 Å². The molecule has 0 aromatic heterocycles. The van der Waals surface area contributed by atoms with E-state index in [9.17, 15) is 9.59 Å². The van der Waals surface area contributed by atoms with E-state index in [4.69, 9.17) is 0 Å². The number of nitrogens with zero attached hydrogens (tertiary/aromatic N) is 4. The van der Waals surface area contributed by atoms with Gasteiger partial charge in [-0.05, 0) is 104 Å². The number of para-hydroxylation sites is 2. The second-order valence-electron chi connectivity index (χ2n) is 15.9. The Morgan fingerprint density at radius 3 is 1.51 bits per heavy atom. The highest BCUT2D eigenvalue weighted by Crippen LogP contribution is 2.42. The molecule has 2 spiro atoms. The number of carbonyl (C=O) groups is 2. The Morgan fingerprint density at radius 1 is 0.528 bits per heavy atom. The summed E-state index contributed by atoms with van der Waals surface area (Å²) in [5.74, 6) is 0.408. The Morgan fingerprint density at radius 2 is 0.981 bits per heavy atom. The van der Waals surface area contributed by atoms with Crippen LogP contribution >= 0.6 is 0 Å². The van der Waals surface area contributed by atoms with Crippen molar-refractivity contribution in [2.24, 2.45) is 0 Å². The minimum absolute atomic E-state index is 0.204. The van der Waals surface area contributed by atoms with Crippen LogP contribution in [0.25, 0.3) is 0 Å². The molecule has 4 heterocycles. The molecule has 6 aliphatic rings. The van der Waals surface area contributed by atoms with Crippen LogP contribution in [0.3, 0.4) is 0 Å². The molecule has 53 heavy (non-hydrogen) atoms. The van der Waals surface area contributed by atoms with Gasteiger partial charge in [-0.1, -0.05) is 84.9 Å². The lowest BCUT2D eigenvalue weighted by molar-refractivity contribution is -0.126. The molecule has 0 radical (unpaired) electrons. The van der Waals surface area contributed by atoms with Crippen LogP contribution in [-0.4, -0.2) is 78.3 Å². The minimum atomic E-state index is -0.383. The van der Waals surface area contributed by atoms with E-state index in [1.807, 2.05) is 12.1 Å². The third-order valence-corrected chi connectivity index (χ3v) is 13.4. The van der Waals surface area contributed by atoms with Crippen molar-refractivity contribution >= 4 is 23.2 Å². The van der Waals surface area contributed by atoms with Crippen molar-refractivity contribution in [1.29, 1.82) is 0 Å². The number of anilines is 2. The predicted molar refractivity (Wildman–Crippen MR) is 211 cm³/mol. The van der Waals surface area contributed by atoms with Crippen molar-refractivity contribution in [2.75, 3.05) is 49.3 Å². The van der Waals surface area contributed by atoms with Gasteiger partial charge in [-0.3, -0.25) is 19.4 Å². The number of piperidine rings is 2. The van der Waals surface area contributed by atoms with Crippen LogP contribution in [0.4, 0.5) is 11.4 Å². The van der Waals surface area contributed by atoms with E-state index in [1.165, 1.54) is 41.5 Å².